The summed E-state index contributed by atoms with van der Waals surface area (Å²) in [4.78, 5) is 5.16. The van der Waals surface area contributed by atoms with Gasteiger partial charge >= 0.3 is 0 Å². The minimum Gasteiger partial charge on any atom is -0.394 e. The van der Waals surface area contributed by atoms with Gasteiger partial charge < -0.3 is 15.3 Å². The van der Waals surface area contributed by atoms with Gasteiger partial charge in [-0.1, -0.05) is 6.92 Å². The molecule has 0 aromatic heterocycles. The largest absolute Gasteiger partial charge is 0.394 e. The molecule has 2 N–H and O–H groups in total. The van der Waals surface area contributed by atoms with E-state index in [0.29, 0.717) is 6.04 Å². The standard InChI is InChI=1S/C16H33N3O/c1-4-14(2)19-11-9-18(10-12-19)8-7-16(3,13-20)17-15-5-6-15/h14-15,17,20H,4-13H2,1-3H3. The third kappa shape index (κ3) is 4.69. The lowest BCUT2D eigenvalue weighted by Crippen LogP contribution is -2.53. The number of hydrogen-bond acceptors (Lipinski definition) is 4. The van der Waals surface area contributed by atoms with Gasteiger partial charge in [-0.15, -0.1) is 0 Å². The van der Waals surface area contributed by atoms with Crippen molar-refractivity contribution in [3.8, 4) is 0 Å². The molecular formula is C16H33N3O. The highest BCUT2D eigenvalue weighted by Gasteiger charge is 2.32. The second-order valence-corrected chi connectivity index (χ2v) is 7.02. The zero-order valence-electron chi connectivity index (χ0n) is 13.6. The molecule has 1 aliphatic heterocycles. The number of rotatable bonds is 8. The normalized spacial score (nSPS) is 26.4. The van der Waals surface area contributed by atoms with Crippen molar-refractivity contribution in [2.24, 2.45) is 0 Å². The molecular weight excluding hydrogens is 250 g/mol. The van der Waals surface area contributed by atoms with Crippen LogP contribution in [0.4, 0.5) is 0 Å². The van der Waals surface area contributed by atoms with Crippen LogP contribution in [0, 0.1) is 0 Å². The number of hydrogen-bond donors (Lipinski definition) is 2. The van der Waals surface area contributed by atoms with E-state index in [2.05, 4.69) is 35.9 Å². The maximum absolute atomic E-state index is 9.65. The highest BCUT2D eigenvalue weighted by molar-refractivity contribution is 4.93. The van der Waals surface area contributed by atoms with E-state index < -0.39 is 0 Å². The Hall–Kier alpha value is -0.160. The van der Waals surface area contributed by atoms with Crippen LogP contribution >= 0.6 is 0 Å². The highest BCUT2D eigenvalue weighted by atomic mass is 16.3. The van der Waals surface area contributed by atoms with Gasteiger partial charge in [-0.25, -0.2) is 0 Å². The second kappa shape index (κ2) is 7.21. The summed E-state index contributed by atoms with van der Waals surface area (Å²) in [5.74, 6) is 0. The lowest BCUT2D eigenvalue weighted by Gasteiger charge is -2.39. The van der Waals surface area contributed by atoms with Crippen molar-refractivity contribution in [3.63, 3.8) is 0 Å². The van der Waals surface area contributed by atoms with Crippen LogP contribution < -0.4 is 5.32 Å². The molecule has 1 saturated heterocycles. The quantitative estimate of drug-likeness (QED) is 0.704. The van der Waals surface area contributed by atoms with Crippen molar-refractivity contribution < 1.29 is 5.11 Å². The number of piperazine rings is 1. The van der Waals surface area contributed by atoms with Crippen LogP contribution in [-0.2, 0) is 0 Å². The lowest BCUT2D eigenvalue weighted by molar-refractivity contribution is 0.0851. The molecule has 1 aliphatic carbocycles. The molecule has 2 unspecified atom stereocenters. The average Bonchev–Trinajstić information content (AvgIpc) is 3.28. The van der Waals surface area contributed by atoms with Crippen molar-refractivity contribution in [1.82, 2.24) is 15.1 Å². The third-order valence-corrected chi connectivity index (χ3v) is 5.08. The van der Waals surface area contributed by atoms with Crippen LogP contribution in [0.3, 0.4) is 0 Å². The molecule has 2 atom stereocenters. The van der Waals surface area contributed by atoms with Gasteiger partial charge in [-0.3, -0.25) is 4.90 Å². The SMILES string of the molecule is CCC(C)N1CCN(CCC(C)(CO)NC2CC2)CC1. The summed E-state index contributed by atoms with van der Waals surface area (Å²) in [6.07, 6.45) is 4.85. The monoisotopic (exact) mass is 283 g/mol. The Bertz CT molecular complexity index is 287. The highest BCUT2D eigenvalue weighted by Crippen LogP contribution is 2.24. The maximum atomic E-state index is 9.65. The Labute approximate surface area is 124 Å². The topological polar surface area (TPSA) is 38.7 Å². The molecule has 118 valence electrons. The number of aliphatic hydroxyl groups excluding tert-OH is 1. The van der Waals surface area contributed by atoms with Gasteiger partial charge in [0.25, 0.3) is 0 Å². The molecule has 0 aromatic rings. The first kappa shape index (κ1) is 16.2. The summed E-state index contributed by atoms with van der Waals surface area (Å²) in [5.41, 5.74) is -0.0883. The minimum absolute atomic E-state index is 0.0883. The van der Waals surface area contributed by atoms with Crippen LogP contribution in [0.15, 0.2) is 0 Å². The first-order valence-corrected chi connectivity index (χ1v) is 8.41. The molecule has 20 heavy (non-hydrogen) atoms. The van der Waals surface area contributed by atoms with Crippen LogP contribution in [-0.4, -0.2) is 71.9 Å². The van der Waals surface area contributed by atoms with E-state index in [-0.39, 0.29) is 12.1 Å². The van der Waals surface area contributed by atoms with Crippen LogP contribution in [0.5, 0.6) is 0 Å². The summed E-state index contributed by atoms with van der Waals surface area (Å²) in [5, 5.41) is 13.3. The van der Waals surface area contributed by atoms with E-state index in [4.69, 9.17) is 0 Å². The number of nitrogens with one attached hydrogen (secondary N) is 1. The Kier molecular flexibility index (Phi) is 5.84. The van der Waals surface area contributed by atoms with Gasteiger partial charge in [0.1, 0.15) is 0 Å². The summed E-state index contributed by atoms with van der Waals surface area (Å²) in [6, 6.07) is 1.38. The predicted octanol–water partition coefficient (Wildman–Crippen LogP) is 1.30. The van der Waals surface area contributed by atoms with E-state index in [1.165, 1.54) is 45.4 Å². The molecule has 0 bridgehead atoms. The summed E-state index contributed by atoms with van der Waals surface area (Å²) in [6.45, 7) is 12.9. The third-order valence-electron chi connectivity index (χ3n) is 5.08. The Morgan fingerprint density at radius 1 is 1.25 bits per heavy atom. The number of aliphatic hydroxyl groups is 1. The molecule has 0 spiro atoms. The Morgan fingerprint density at radius 2 is 1.90 bits per heavy atom. The number of nitrogens with zero attached hydrogens (tertiary/aromatic N) is 2. The predicted molar refractivity (Wildman–Crippen MR) is 84.0 cm³/mol. The van der Waals surface area contributed by atoms with Crippen molar-refractivity contribution in [2.75, 3.05) is 39.3 Å². The molecule has 4 nitrogen and oxygen atoms in total. The van der Waals surface area contributed by atoms with E-state index in [0.717, 1.165) is 19.0 Å². The molecule has 1 heterocycles. The fourth-order valence-corrected chi connectivity index (χ4v) is 3.01. The van der Waals surface area contributed by atoms with Gasteiger partial charge in [-0.2, -0.15) is 0 Å². The molecule has 1 saturated carbocycles. The fourth-order valence-electron chi connectivity index (χ4n) is 3.01. The Balaban J connectivity index is 1.69. The molecule has 4 heteroatoms. The van der Waals surface area contributed by atoms with Crippen molar-refractivity contribution in [2.45, 2.75) is 64.1 Å². The molecule has 2 fully saturated rings. The first-order valence-electron chi connectivity index (χ1n) is 8.41. The van der Waals surface area contributed by atoms with E-state index in [1.54, 1.807) is 0 Å². The van der Waals surface area contributed by atoms with Crippen molar-refractivity contribution in [1.29, 1.82) is 0 Å². The first-order chi connectivity index (χ1) is 9.56. The van der Waals surface area contributed by atoms with Crippen molar-refractivity contribution in [3.05, 3.63) is 0 Å². The van der Waals surface area contributed by atoms with Gasteiger partial charge in [0.2, 0.25) is 0 Å². The second-order valence-electron chi connectivity index (χ2n) is 7.02. The van der Waals surface area contributed by atoms with Crippen molar-refractivity contribution >= 4 is 0 Å². The van der Waals surface area contributed by atoms with Gasteiger partial charge in [-0.05, 0) is 39.5 Å². The van der Waals surface area contributed by atoms with Crippen LogP contribution in [0.1, 0.15) is 46.5 Å². The average molecular weight is 283 g/mol. The summed E-state index contributed by atoms with van der Waals surface area (Å²) >= 11 is 0. The van der Waals surface area contributed by atoms with E-state index in [9.17, 15) is 5.11 Å². The van der Waals surface area contributed by atoms with Gasteiger partial charge in [0.05, 0.1) is 6.61 Å². The van der Waals surface area contributed by atoms with E-state index in [1.807, 2.05) is 0 Å². The smallest absolute Gasteiger partial charge is 0.0611 e. The fraction of sp³-hybridized carbons (Fsp3) is 1.00. The molecule has 2 rings (SSSR count). The van der Waals surface area contributed by atoms with Gasteiger partial charge in [0, 0.05) is 50.3 Å². The molecule has 2 aliphatic rings. The zero-order chi connectivity index (χ0) is 14.6. The van der Waals surface area contributed by atoms with E-state index >= 15 is 0 Å². The lowest BCUT2D eigenvalue weighted by atomic mass is 9.98. The summed E-state index contributed by atoms with van der Waals surface area (Å²) in [7, 11) is 0. The Morgan fingerprint density at radius 3 is 2.40 bits per heavy atom. The summed E-state index contributed by atoms with van der Waals surface area (Å²) < 4.78 is 0. The zero-order valence-corrected chi connectivity index (χ0v) is 13.6. The molecule has 0 aromatic carbocycles. The van der Waals surface area contributed by atoms with Crippen LogP contribution in [0.25, 0.3) is 0 Å². The van der Waals surface area contributed by atoms with Crippen LogP contribution in [0.2, 0.25) is 0 Å². The molecule has 0 amide bonds. The molecule has 0 radical (unpaired) electrons. The maximum Gasteiger partial charge on any atom is 0.0611 e. The minimum atomic E-state index is -0.0883. The van der Waals surface area contributed by atoms with Gasteiger partial charge in [0.15, 0.2) is 0 Å².